The lowest BCUT2D eigenvalue weighted by Crippen LogP contribution is -2.39. The summed E-state index contributed by atoms with van der Waals surface area (Å²) >= 11 is 0. The monoisotopic (exact) mass is 399 g/mol. The Morgan fingerprint density at radius 1 is 1.07 bits per heavy atom. The van der Waals surface area contributed by atoms with Crippen molar-refractivity contribution < 1.29 is 14.6 Å². The van der Waals surface area contributed by atoms with E-state index in [0.717, 1.165) is 29.0 Å². The van der Waals surface area contributed by atoms with E-state index in [0.29, 0.717) is 25.7 Å². The van der Waals surface area contributed by atoms with E-state index in [-0.39, 0.29) is 6.10 Å². The molecule has 1 atom stereocenters. The van der Waals surface area contributed by atoms with Gasteiger partial charge in [0.15, 0.2) is 5.96 Å². The van der Waals surface area contributed by atoms with Gasteiger partial charge in [0.2, 0.25) is 0 Å². The van der Waals surface area contributed by atoms with Crippen LogP contribution in [-0.2, 0) is 17.9 Å². The molecule has 0 aliphatic rings. The Hall–Kier alpha value is -2.57. The smallest absolute Gasteiger partial charge is 0.191 e. The number of benzene rings is 2. The van der Waals surface area contributed by atoms with Crippen molar-refractivity contribution in [2.75, 3.05) is 20.2 Å². The summed E-state index contributed by atoms with van der Waals surface area (Å²) in [6.45, 7) is 8.19. The fraction of sp³-hybridized carbons (Fsp3) is 0.435. The van der Waals surface area contributed by atoms with E-state index in [1.54, 1.807) is 7.11 Å². The molecule has 0 heterocycles. The second-order valence-electron chi connectivity index (χ2n) is 7.08. The highest BCUT2D eigenvalue weighted by Gasteiger charge is 2.10. The molecule has 2 aromatic carbocycles. The van der Waals surface area contributed by atoms with Crippen LogP contribution in [0.5, 0.6) is 5.75 Å². The minimum Gasteiger partial charge on any atom is -0.491 e. The summed E-state index contributed by atoms with van der Waals surface area (Å²) in [5, 5.41) is 17.0. The molecule has 0 saturated carbocycles. The van der Waals surface area contributed by atoms with Crippen LogP contribution >= 0.6 is 0 Å². The van der Waals surface area contributed by atoms with Gasteiger partial charge in [-0.15, -0.1) is 0 Å². The van der Waals surface area contributed by atoms with Crippen LogP contribution in [0.3, 0.4) is 0 Å². The zero-order valence-corrected chi connectivity index (χ0v) is 17.8. The van der Waals surface area contributed by atoms with Gasteiger partial charge in [-0.3, -0.25) is 0 Å². The first-order valence-electron chi connectivity index (χ1n) is 10.1. The van der Waals surface area contributed by atoms with Crippen LogP contribution in [0.15, 0.2) is 53.5 Å². The van der Waals surface area contributed by atoms with Crippen LogP contribution in [-0.4, -0.2) is 37.4 Å². The fourth-order valence-electron chi connectivity index (χ4n) is 2.88. The number of hydrogen-bond acceptors (Lipinski definition) is 4. The van der Waals surface area contributed by atoms with Gasteiger partial charge in [-0.2, -0.15) is 0 Å². The summed E-state index contributed by atoms with van der Waals surface area (Å²) in [5.74, 6) is 1.42. The van der Waals surface area contributed by atoms with E-state index < -0.39 is 6.10 Å². The van der Waals surface area contributed by atoms with Crippen LogP contribution in [0.25, 0.3) is 0 Å². The number of aliphatic hydroxyl groups excluding tert-OH is 1. The van der Waals surface area contributed by atoms with Crippen LogP contribution in [0, 0.1) is 0 Å². The topological polar surface area (TPSA) is 75.1 Å². The molecule has 158 valence electrons. The number of hydrogen-bond donors (Lipinski definition) is 3. The third-order valence-corrected chi connectivity index (χ3v) is 4.14. The molecule has 0 amide bonds. The second kappa shape index (κ2) is 12.1. The van der Waals surface area contributed by atoms with E-state index in [9.17, 15) is 5.11 Å². The van der Waals surface area contributed by atoms with Crippen molar-refractivity contribution in [2.24, 2.45) is 4.99 Å². The predicted octanol–water partition coefficient (Wildman–Crippen LogP) is 3.41. The molecule has 2 aromatic rings. The van der Waals surface area contributed by atoms with Crippen LogP contribution in [0.1, 0.15) is 43.6 Å². The number of aliphatic imine (C=N–C) groups is 1. The normalized spacial score (nSPS) is 12.7. The van der Waals surface area contributed by atoms with E-state index in [4.69, 9.17) is 9.47 Å². The van der Waals surface area contributed by atoms with Gasteiger partial charge in [0.05, 0.1) is 25.4 Å². The minimum atomic E-state index is -0.667. The molecule has 1 unspecified atom stereocenters. The standard InChI is InChI=1S/C23H33N3O3/c1-5-24-23(25-14-18-8-6-9-19(12-18)16-28-4)26-15-22(27)20-10-7-11-21(13-20)29-17(2)3/h6-13,17,22,27H,5,14-16H2,1-4H3,(H2,24,25,26). The van der Waals surface area contributed by atoms with Crippen molar-refractivity contribution in [2.45, 2.75) is 46.1 Å². The van der Waals surface area contributed by atoms with Crippen LogP contribution in [0.2, 0.25) is 0 Å². The molecule has 3 N–H and O–H groups in total. The third-order valence-electron chi connectivity index (χ3n) is 4.14. The molecule has 0 bridgehead atoms. The summed E-state index contributed by atoms with van der Waals surface area (Å²) in [6, 6.07) is 15.7. The van der Waals surface area contributed by atoms with Crippen LogP contribution in [0.4, 0.5) is 0 Å². The van der Waals surface area contributed by atoms with Gasteiger partial charge in [0.25, 0.3) is 0 Å². The number of nitrogens with zero attached hydrogens (tertiary/aromatic N) is 1. The third kappa shape index (κ3) is 8.13. The van der Waals surface area contributed by atoms with Crippen molar-refractivity contribution in [3.63, 3.8) is 0 Å². The minimum absolute atomic E-state index is 0.0930. The Bertz CT molecular complexity index is 777. The zero-order valence-electron chi connectivity index (χ0n) is 17.8. The first-order valence-corrected chi connectivity index (χ1v) is 10.1. The molecule has 0 aliphatic carbocycles. The quantitative estimate of drug-likeness (QED) is 0.422. The van der Waals surface area contributed by atoms with Crippen LogP contribution < -0.4 is 15.4 Å². The first kappa shape index (κ1) is 22.7. The number of nitrogens with one attached hydrogen (secondary N) is 2. The zero-order chi connectivity index (χ0) is 21.1. The van der Waals surface area contributed by atoms with Gasteiger partial charge in [0, 0.05) is 20.2 Å². The molecule has 0 aliphatic heterocycles. The number of rotatable bonds is 10. The van der Waals surface area contributed by atoms with Gasteiger partial charge in [0.1, 0.15) is 5.75 Å². The van der Waals surface area contributed by atoms with Gasteiger partial charge in [-0.05, 0) is 49.6 Å². The maximum Gasteiger partial charge on any atom is 0.191 e. The summed E-state index contributed by atoms with van der Waals surface area (Å²) < 4.78 is 10.9. The number of aliphatic hydroxyl groups is 1. The van der Waals surface area contributed by atoms with E-state index >= 15 is 0 Å². The molecule has 0 spiro atoms. The lowest BCUT2D eigenvalue weighted by molar-refractivity contribution is 0.179. The maximum absolute atomic E-state index is 10.6. The summed E-state index contributed by atoms with van der Waals surface area (Å²) in [4.78, 5) is 4.63. The Kier molecular flexibility index (Phi) is 9.47. The highest BCUT2D eigenvalue weighted by Crippen LogP contribution is 2.20. The maximum atomic E-state index is 10.6. The number of guanidine groups is 1. The van der Waals surface area contributed by atoms with Crippen molar-refractivity contribution >= 4 is 5.96 Å². The average molecular weight is 400 g/mol. The van der Waals surface area contributed by atoms with Crippen molar-refractivity contribution in [3.8, 4) is 5.75 Å². The lowest BCUT2D eigenvalue weighted by Gasteiger charge is -2.17. The van der Waals surface area contributed by atoms with Gasteiger partial charge in [-0.1, -0.05) is 36.4 Å². The van der Waals surface area contributed by atoms with Crippen molar-refractivity contribution in [3.05, 3.63) is 65.2 Å². The average Bonchev–Trinajstić information content (AvgIpc) is 2.70. The molecule has 0 saturated heterocycles. The first-order chi connectivity index (χ1) is 14.0. The molecular formula is C23H33N3O3. The summed E-state index contributed by atoms with van der Waals surface area (Å²) in [6.07, 6.45) is -0.574. The van der Waals surface area contributed by atoms with Gasteiger partial charge < -0.3 is 25.2 Å². The number of methoxy groups -OCH3 is 1. The molecule has 0 fully saturated rings. The Labute approximate surface area is 174 Å². The Morgan fingerprint density at radius 3 is 2.55 bits per heavy atom. The predicted molar refractivity (Wildman–Crippen MR) is 117 cm³/mol. The fourth-order valence-corrected chi connectivity index (χ4v) is 2.88. The summed E-state index contributed by atoms with van der Waals surface area (Å²) in [7, 11) is 1.69. The molecule has 0 radical (unpaired) electrons. The van der Waals surface area contributed by atoms with Crippen molar-refractivity contribution in [1.29, 1.82) is 0 Å². The highest BCUT2D eigenvalue weighted by molar-refractivity contribution is 5.79. The second-order valence-corrected chi connectivity index (χ2v) is 7.08. The molecular weight excluding hydrogens is 366 g/mol. The lowest BCUT2D eigenvalue weighted by atomic mass is 10.1. The molecule has 29 heavy (non-hydrogen) atoms. The molecule has 2 rings (SSSR count). The molecule has 6 heteroatoms. The SMILES string of the molecule is CCNC(=NCc1cccc(COC)c1)NCC(O)c1cccc(OC(C)C)c1. The Morgan fingerprint density at radius 2 is 1.83 bits per heavy atom. The number of ether oxygens (including phenoxy) is 2. The van der Waals surface area contributed by atoms with Crippen molar-refractivity contribution in [1.82, 2.24) is 10.6 Å². The molecule has 0 aromatic heterocycles. The highest BCUT2D eigenvalue weighted by atomic mass is 16.5. The summed E-state index contributed by atoms with van der Waals surface area (Å²) in [5.41, 5.74) is 3.03. The van der Waals surface area contributed by atoms with Gasteiger partial charge in [-0.25, -0.2) is 4.99 Å². The molecule has 6 nitrogen and oxygen atoms in total. The van der Waals surface area contributed by atoms with Gasteiger partial charge >= 0.3 is 0 Å². The largest absolute Gasteiger partial charge is 0.491 e. The van der Waals surface area contributed by atoms with E-state index in [1.165, 1.54) is 0 Å². The Balaban J connectivity index is 1.97. The van der Waals surface area contributed by atoms with E-state index in [1.807, 2.05) is 63.2 Å². The van der Waals surface area contributed by atoms with E-state index in [2.05, 4.69) is 21.7 Å².